The summed E-state index contributed by atoms with van der Waals surface area (Å²) in [7, 11) is 0. The average molecular weight is 336 g/mol. The van der Waals surface area contributed by atoms with E-state index in [1.807, 2.05) is 42.5 Å². The van der Waals surface area contributed by atoms with Gasteiger partial charge in [-0.25, -0.2) is 5.01 Å². The molecule has 5 heteroatoms. The summed E-state index contributed by atoms with van der Waals surface area (Å²) < 4.78 is 5.61. The summed E-state index contributed by atoms with van der Waals surface area (Å²) in [5.41, 5.74) is 4.11. The summed E-state index contributed by atoms with van der Waals surface area (Å²) in [5, 5.41) is 1.26. The highest BCUT2D eigenvalue weighted by atomic mass is 16.5. The molecule has 25 heavy (non-hydrogen) atoms. The lowest BCUT2D eigenvalue weighted by molar-refractivity contribution is -0.117. The third-order valence-electron chi connectivity index (χ3n) is 3.86. The van der Waals surface area contributed by atoms with Crippen LogP contribution in [0.25, 0.3) is 6.08 Å². The lowest BCUT2D eigenvalue weighted by Crippen LogP contribution is -2.35. The average Bonchev–Trinajstić information content (AvgIpc) is 2.92. The van der Waals surface area contributed by atoms with Crippen LogP contribution in [0.1, 0.15) is 25.3 Å². The second-order valence-corrected chi connectivity index (χ2v) is 5.75. The number of hydrogen-bond acceptors (Lipinski definition) is 3. The number of nitrogens with zero attached hydrogens (tertiary/aromatic N) is 1. The molecule has 2 aromatic carbocycles. The molecule has 0 spiro atoms. The number of hydrazine groups is 1. The summed E-state index contributed by atoms with van der Waals surface area (Å²) in [6.45, 7) is 2.80. The highest BCUT2D eigenvalue weighted by Crippen LogP contribution is 2.22. The van der Waals surface area contributed by atoms with Crippen molar-refractivity contribution in [2.45, 2.75) is 19.8 Å². The highest BCUT2D eigenvalue weighted by molar-refractivity contribution is 6.31. The maximum absolute atomic E-state index is 12.5. The molecule has 0 atom stereocenters. The van der Waals surface area contributed by atoms with E-state index in [0.29, 0.717) is 12.3 Å². The van der Waals surface area contributed by atoms with Gasteiger partial charge in [0.25, 0.3) is 11.8 Å². The van der Waals surface area contributed by atoms with Crippen molar-refractivity contribution >= 4 is 23.6 Å². The van der Waals surface area contributed by atoms with Gasteiger partial charge in [0.2, 0.25) is 0 Å². The Balaban J connectivity index is 1.74. The first kappa shape index (κ1) is 16.8. The largest absolute Gasteiger partial charge is 0.494 e. The molecule has 1 aliphatic rings. The van der Waals surface area contributed by atoms with Crippen LogP contribution < -0.4 is 15.2 Å². The maximum atomic E-state index is 12.5. The SMILES string of the molecule is CCCCOc1ccc(/C=C2\C(=O)NN(c3ccccc3)C2=O)cc1. The van der Waals surface area contributed by atoms with Gasteiger partial charge in [-0.1, -0.05) is 43.7 Å². The van der Waals surface area contributed by atoms with Crippen LogP contribution >= 0.6 is 0 Å². The van der Waals surface area contributed by atoms with Crippen molar-refractivity contribution in [1.82, 2.24) is 5.43 Å². The summed E-state index contributed by atoms with van der Waals surface area (Å²) >= 11 is 0. The van der Waals surface area contributed by atoms with Crippen molar-refractivity contribution in [3.63, 3.8) is 0 Å². The third kappa shape index (κ3) is 3.88. The van der Waals surface area contributed by atoms with Crippen LogP contribution in [0.15, 0.2) is 60.2 Å². The van der Waals surface area contributed by atoms with Crippen molar-refractivity contribution < 1.29 is 14.3 Å². The van der Waals surface area contributed by atoms with Crippen molar-refractivity contribution in [3.05, 3.63) is 65.7 Å². The van der Waals surface area contributed by atoms with Gasteiger partial charge in [0, 0.05) is 0 Å². The highest BCUT2D eigenvalue weighted by Gasteiger charge is 2.34. The Hall–Kier alpha value is -3.08. The van der Waals surface area contributed by atoms with Crippen LogP contribution in [0.3, 0.4) is 0 Å². The first-order valence-electron chi connectivity index (χ1n) is 8.34. The summed E-state index contributed by atoms with van der Waals surface area (Å²) in [6.07, 6.45) is 3.69. The number of nitrogens with one attached hydrogen (secondary N) is 1. The lowest BCUT2D eigenvalue weighted by Gasteiger charge is -2.13. The number of hydrogen-bond donors (Lipinski definition) is 1. The minimum Gasteiger partial charge on any atom is -0.494 e. The fourth-order valence-corrected chi connectivity index (χ4v) is 2.48. The number of benzene rings is 2. The van der Waals surface area contributed by atoms with E-state index in [4.69, 9.17) is 4.74 Å². The molecule has 2 amide bonds. The molecule has 5 nitrogen and oxygen atoms in total. The molecule has 1 fully saturated rings. The molecule has 1 aliphatic heterocycles. The monoisotopic (exact) mass is 336 g/mol. The van der Waals surface area contributed by atoms with Crippen LogP contribution in [0.4, 0.5) is 5.69 Å². The van der Waals surface area contributed by atoms with Gasteiger partial charge in [-0.05, 0) is 42.3 Å². The van der Waals surface area contributed by atoms with Crippen LogP contribution in [0.5, 0.6) is 5.75 Å². The minimum atomic E-state index is -0.405. The predicted octanol–water partition coefficient (Wildman–Crippen LogP) is 3.33. The third-order valence-corrected chi connectivity index (χ3v) is 3.86. The van der Waals surface area contributed by atoms with Gasteiger partial charge in [-0.3, -0.25) is 15.0 Å². The molecular weight excluding hydrogens is 316 g/mol. The van der Waals surface area contributed by atoms with Crippen molar-refractivity contribution in [1.29, 1.82) is 0 Å². The first-order valence-corrected chi connectivity index (χ1v) is 8.34. The first-order chi connectivity index (χ1) is 12.2. The number of amides is 2. The van der Waals surface area contributed by atoms with Gasteiger partial charge in [0.05, 0.1) is 12.3 Å². The Morgan fingerprint density at radius 1 is 1.04 bits per heavy atom. The standard InChI is InChI=1S/C20H20N2O3/c1-2-3-13-25-17-11-9-15(10-12-17)14-18-19(23)21-22(20(18)24)16-7-5-4-6-8-16/h4-12,14H,2-3,13H2,1H3,(H,21,23)/b18-14+. The van der Waals surface area contributed by atoms with Crippen molar-refractivity contribution in [3.8, 4) is 5.75 Å². The Morgan fingerprint density at radius 3 is 2.44 bits per heavy atom. The summed E-state index contributed by atoms with van der Waals surface area (Å²) in [6, 6.07) is 16.4. The molecule has 0 radical (unpaired) electrons. The van der Waals surface area contributed by atoms with Gasteiger partial charge in [-0.2, -0.15) is 0 Å². The van der Waals surface area contributed by atoms with Gasteiger partial charge < -0.3 is 4.74 Å². The zero-order chi connectivity index (χ0) is 17.6. The fourth-order valence-electron chi connectivity index (χ4n) is 2.48. The summed E-state index contributed by atoms with van der Waals surface area (Å²) in [4.78, 5) is 24.7. The van der Waals surface area contributed by atoms with Gasteiger partial charge in [0.1, 0.15) is 11.3 Å². The van der Waals surface area contributed by atoms with E-state index in [-0.39, 0.29) is 11.5 Å². The molecule has 0 bridgehead atoms. The van der Waals surface area contributed by atoms with E-state index >= 15 is 0 Å². The van der Waals surface area contributed by atoms with Crippen LogP contribution in [0.2, 0.25) is 0 Å². The topological polar surface area (TPSA) is 58.6 Å². The van der Waals surface area contributed by atoms with E-state index < -0.39 is 5.91 Å². The van der Waals surface area contributed by atoms with E-state index in [9.17, 15) is 9.59 Å². The normalized spacial score (nSPS) is 15.6. The van der Waals surface area contributed by atoms with Crippen molar-refractivity contribution in [2.75, 3.05) is 11.6 Å². The van der Waals surface area contributed by atoms with Crippen molar-refractivity contribution in [2.24, 2.45) is 0 Å². The van der Waals surface area contributed by atoms with Crippen LogP contribution in [-0.4, -0.2) is 18.4 Å². The summed E-state index contributed by atoms with van der Waals surface area (Å²) in [5.74, 6) is 0.0142. The van der Waals surface area contributed by atoms with E-state index in [1.54, 1.807) is 18.2 Å². The fraction of sp³-hybridized carbons (Fsp3) is 0.200. The number of anilines is 1. The van der Waals surface area contributed by atoms with Gasteiger partial charge >= 0.3 is 0 Å². The second-order valence-electron chi connectivity index (χ2n) is 5.75. The zero-order valence-corrected chi connectivity index (χ0v) is 14.1. The van der Waals surface area contributed by atoms with Gasteiger partial charge in [0.15, 0.2) is 0 Å². The number of rotatable bonds is 6. The minimum absolute atomic E-state index is 0.114. The molecule has 1 heterocycles. The van der Waals surface area contributed by atoms with E-state index in [0.717, 1.165) is 24.2 Å². The number of carbonyl (C=O) groups is 2. The molecule has 0 saturated carbocycles. The Bertz CT molecular complexity index is 782. The quantitative estimate of drug-likeness (QED) is 0.500. The molecule has 0 aliphatic carbocycles. The maximum Gasteiger partial charge on any atom is 0.282 e. The Kier molecular flexibility index (Phi) is 5.14. The molecule has 3 rings (SSSR count). The Labute approximate surface area is 146 Å². The number of para-hydroxylation sites is 1. The second kappa shape index (κ2) is 7.66. The van der Waals surface area contributed by atoms with E-state index in [1.165, 1.54) is 5.01 Å². The smallest absolute Gasteiger partial charge is 0.282 e. The zero-order valence-electron chi connectivity index (χ0n) is 14.1. The Morgan fingerprint density at radius 2 is 1.76 bits per heavy atom. The number of carbonyl (C=O) groups excluding carboxylic acids is 2. The van der Waals surface area contributed by atoms with E-state index in [2.05, 4.69) is 12.3 Å². The van der Waals surface area contributed by atoms with Crippen LogP contribution in [-0.2, 0) is 9.59 Å². The molecule has 2 aromatic rings. The lowest BCUT2D eigenvalue weighted by atomic mass is 10.1. The molecule has 128 valence electrons. The number of unbranched alkanes of at least 4 members (excludes halogenated alkanes) is 1. The van der Waals surface area contributed by atoms with Crippen LogP contribution in [0, 0.1) is 0 Å². The predicted molar refractivity (Wildman–Crippen MR) is 96.9 cm³/mol. The molecule has 0 unspecified atom stereocenters. The molecule has 1 N–H and O–H groups in total. The van der Waals surface area contributed by atoms with Gasteiger partial charge in [-0.15, -0.1) is 0 Å². The molecule has 1 saturated heterocycles. The molecular formula is C20H20N2O3. The number of ether oxygens (including phenoxy) is 1. The molecule has 0 aromatic heterocycles.